The van der Waals surface area contributed by atoms with Gasteiger partial charge in [-0.25, -0.2) is 0 Å². The first-order valence-electron chi connectivity index (χ1n) is 6.68. The van der Waals surface area contributed by atoms with Crippen LogP contribution in [0.3, 0.4) is 0 Å². The summed E-state index contributed by atoms with van der Waals surface area (Å²) in [4.78, 5) is 27.7. The molecule has 1 N–H and O–H groups in total. The van der Waals surface area contributed by atoms with Crippen LogP contribution in [-0.4, -0.2) is 61.4 Å². The maximum Gasteiger partial charge on any atom is 0.255 e. The Morgan fingerprint density at radius 2 is 2.05 bits per heavy atom. The Labute approximate surface area is 137 Å². The van der Waals surface area contributed by atoms with Gasteiger partial charge in [0.05, 0.1) is 12.1 Å². The number of hydrogen-bond acceptors (Lipinski definition) is 3. The first-order chi connectivity index (χ1) is 9.99. The van der Waals surface area contributed by atoms with Gasteiger partial charge in [0.1, 0.15) is 0 Å². The van der Waals surface area contributed by atoms with E-state index in [0.29, 0.717) is 28.1 Å². The monoisotopic (exact) mass is 373 g/mol. The van der Waals surface area contributed by atoms with E-state index in [1.165, 1.54) is 4.90 Å². The van der Waals surface area contributed by atoms with Crippen molar-refractivity contribution in [1.82, 2.24) is 15.1 Å². The molecule has 0 aliphatic carbocycles. The van der Waals surface area contributed by atoms with Crippen LogP contribution in [0.2, 0.25) is 5.02 Å². The van der Waals surface area contributed by atoms with Crippen LogP contribution in [0.5, 0.6) is 0 Å². The zero-order valence-electron chi connectivity index (χ0n) is 11.7. The zero-order chi connectivity index (χ0) is 15.4. The smallest absolute Gasteiger partial charge is 0.255 e. The minimum Gasteiger partial charge on any atom is -0.339 e. The quantitative estimate of drug-likeness (QED) is 0.874. The number of hydrogen-bond donors (Lipinski definition) is 1. The summed E-state index contributed by atoms with van der Waals surface area (Å²) < 4.78 is 0.626. The molecule has 0 unspecified atom stereocenters. The highest BCUT2D eigenvalue weighted by Gasteiger charge is 2.21. The van der Waals surface area contributed by atoms with Gasteiger partial charge in [-0.3, -0.25) is 9.59 Å². The molecule has 0 saturated carbocycles. The molecule has 0 atom stereocenters. The normalized spacial score (nSPS) is 14.9. The number of likely N-dealkylation sites (N-methyl/N-ethyl adjacent to an activating group) is 1. The Morgan fingerprint density at radius 1 is 1.38 bits per heavy atom. The molecule has 21 heavy (non-hydrogen) atoms. The lowest BCUT2D eigenvalue weighted by Gasteiger charge is -2.29. The van der Waals surface area contributed by atoms with Crippen LogP contribution in [0.4, 0.5) is 0 Å². The van der Waals surface area contributed by atoms with E-state index < -0.39 is 0 Å². The first kappa shape index (κ1) is 16.3. The third kappa shape index (κ3) is 4.18. The number of carbonyl (C=O) groups excluding carboxylic acids is 2. The van der Waals surface area contributed by atoms with Crippen molar-refractivity contribution >= 4 is 39.3 Å². The predicted molar refractivity (Wildman–Crippen MR) is 85.6 cm³/mol. The Morgan fingerprint density at radius 3 is 2.67 bits per heavy atom. The van der Waals surface area contributed by atoms with Crippen molar-refractivity contribution in [2.45, 2.75) is 0 Å². The van der Waals surface area contributed by atoms with Gasteiger partial charge in [0.15, 0.2) is 0 Å². The number of amides is 2. The molecule has 7 heteroatoms. The average molecular weight is 375 g/mol. The van der Waals surface area contributed by atoms with Crippen LogP contribution in [0, 0.1) is 0 Å². The summed E-state index contributed by atoms with van der Waals surface area (Å²) in [5.74, 6) is -0.237. The minimum absolute atomic E-state index is 0.0302. The van der Waals surface area contributed by atoms with E-state index >= 15 is 0 Å². The Hall–Kier alpha value is -1.11. The van der Waals surface area contributed by atoms with Gasteiger partial charge in [0, 0.05) is 42.7 Å². The fraction of sp³-hybridized carbons (Fsp3) is 0.429. The molecule has 1 aliphatic rings. The number of piperazine rings is 1. The lowest BCUT2D eigenvalue weighted by molar-refractivity contribution is -0.132. The number of benzene rings is 1. The molecule has 2 rings (SSSR count). The van der Waals surface area contributed by atoms with E-state index in [-0.39, 0.29) is 18.4 Å². The first-order valence-corrected chi connectivity index (χ1v) is 7.85. The number of rotatable bonds is 3. The van der Waals surface area contributed by atoms with Crippen molar-refractivity contribution in [3.05, 3.63) is 33.3 Å². The van der Waals surface area contributed by atoms with Crippen molar-refractivity contribution in [1.29, 1.82) is 0 Å². The number of nitrogens with zero attached hydrogens (tertiary/aromatic N) is 2. The van der Waals surface area contributed by atoms with Crippen molar-refractivity contribution < 1.29 is 9.59 Å². The lowest BCUT2D eigenvalue weighted by Crippen LogP contribution is -2.49. The number of carbonyl (C=O) groups is 2. The average Bonchev–Trinajstić information content (AvgIpc) is 2.47. The molecular weight excluding hydrogens is 358 g/mol. The van der Waals surface area contributed by atoms with Gasteiger partial charge >= 0.3 is 0 Å². The van der Waals surface area contributed by atoms with E-state index in [4.69, 9.17) is 11.6 Å². The van der Waals surface area contributed by atoms with Gasteiger partial charge in [-0.15, -0.1) is 0 Å². The molecule has 1 aliphatic heterocycles. The van der Waals surface area contributed by atoms with E-state index in [9.17, 15) is 9.59 Å². The molecule has 0 aromatic heterocycles. The summed E-state index contributed by atoms with van der Waals surface area (Å²) in [7, 11) is 1.63. The highest BCUT2D eigenvalue weighted by molar-refractivity contribution is 9.10. The van der Waals surface area contributed by atoms with Crippen molar-refractivity contribution in [3.8, 4) is 0 Å². The van der Waals surface area contributed by atoms with E-state index in [0.717, 1.165) is 13.1 Å². The van der Waals surface area contributed by atoms with Crippen LogP contribution < -0.4 is 5.32 Å². The third-order valence-corrected chi connectivity index (χ3v) is 4.24. The second kappa shape index (κ2) is 7.24. The summed E-state index contributed by atoms with van der Waals surface area (Å²) in [5.41, 5.74) is 0.495. The fourth-order valence-corrected chi connectivity index (χ4v) is 3.01. The van der Waals surface area contributed by atoms with Gasteiger partial charge in [-0.2, -0.15) is 0 Å². The molecule has 1 aromatic carbocycles. The minimum atomic E-state index is -0.206. The summed E-state index contributed by atoms with van der Waals surface area (Å²) in [6.45, 7) is 3.04. The van der Waals surface area contributed by atoms with Gasteiger partial charge in [0.2, 0.25) is 5.91 Å². The molecular formula is C14H17BrClN3O2. The van der Waals surface area contributed by atoms with E-state index in [1.807, 2.05) is 0 Å². The SMILES string of the molecule is CN(CC(=O)N1CCNCC1)C(=O)c1ccc(Cl)cc1Br. The zero-order valence-corrected chi connectivity index (χ0v) is 14.1. The maximum absolute atomic E-state index is 12.4. The van der Waals surface area contributed by atoms with Gasteiger partial charge in [-0.1, -0.05) is 11.6 Å². The topological polar surface area (TPSA) is 52.7 Å². The molecule has 0 spiro atoms. The Kier molecular flexibility index (Phi) is 5.61. The second-order valence-electron chi connectivity index (χ2n) is 4.92. The largest absolute Gasteiger partial charge is 0.339 e. The molecule has 5 nitrogen and oxygen atoms in total. The fourth-order valence-electron chi connectivity index (χ4n) is 2.16. The van der Waals surface area contributed by atoms with E-state index in [1.54, 1.807) is 30.1 Å². The van der Waals surface area contributed by atoms with Crippen molar-refractivity contribution in [2.75, 3.05) is 39.8 Å². The highest BCUT2D eigenvalue weighted by Crippen LogP contribution is 2.22. The summed E-state index contributed by atoms with van der Waals surface area (Å²) in [5, 5.41) is 3.74. The Bertz CT molecular complexity index is 547. The predicted octanol–water partition coefficient (Wildman–Crippen LogP) is 1.61. The molecule has 114 valence electrons. The summed E-state index contributed by atoms with van der Waals surface area (Å²) in [6.07, 6.45) is 0. The summed E-state index contributed by atoms with van der Waals surface area (Å²) in [6, 6.07) is 4.98. The second-order valence-corrected chi connectivity index (χ2v) is 6.21. The van der Waals surface area contributed by atoms with Crippen LogP contribution in [0.15, 0.2) is 22.7 Å². The van der Waals surface area contributed by atoms with Crippen LogP contribution in [0.1, 0.15) is 10.4 Å². The number of nitrogens with one attached hydrogen (secondary N) is 1. The van der Waals surface area contributed by atoms with Gasteiger partial charge < -0.3 is 15.1 Å². The molecule has 1 saturated heterocycles. The molecule has 1 aromatic rings. The molecule has 2 amide bonds. The van der Waals surface area contributed by atoms with Crippen molar-refractivity contribution in [2.24, 2.45) is 0 Å². The molecule has 0 radical (unpaired) electrons. The van der Waals surface area contributed by atoms with Gasteiger partial charge in [-0.05, 0) is 34.1 Å². The van der Waals surface area contributed by atoms with Crippen LogP contribution in [-0.2, 0) is 4.79 Å². The van der Waals surface area contributed by atoms with E-state index in [2.05, 4.69) is 21.2 Å². The number of halogens is 2. The standard InChI is InChI=1S/C14H17BrClN3O2/c1-18(9-13(20)19-6-4-17-5-7-19)14(21)11-3-2-10(16)8-12(11)15/h2-3,8,17H,4-7,9H2,1H3. The third-order valence-electron chi connectivity index (χ3n) is 3.35. The van der Waals surface area contributed by atoms with Gasteiger partial charge in [0.25, 0.3) is 5.91 Å². The molecule has 0 bridgehead atoms. The summed E-state index contributed by atoms with van der Waals surface area (Å²) >= 11 is 9.19. The van der Waals surface area contributed by atoms with Crippen molar-refractivity contribution in [3.63, 3.8) is 0 Å². The lowest BCUT2D eigenvalue weighted by atomic mass is 10.2. The Balaban J connectivity index is 2.00. The van der Waals surface area contributed by atoms with Crippen LogP contribution in [0.25, 0.3) is 0 Å². The molecule has 1 fully saturated rings. The highest BCUT2D eigenvalue weighted by atomic mass is 79.9. The maximum atomic E-state index is 12.4. The van der Waals surface area contributed by atoms with Crippen LogP contribution >= 0.6 is 27.5 Å². The molecule has 1 heterocycles.